The highest BCUT2D eigenvalue weighted by atomic mass is 32.1. The molecule has 2 amide bonds. The van der Waals surface area contributed by atoms with Crippen LogP contribution in [0.2, 0.25) is 0 Å². The van der Waals surface area contributed by atoms with Gasteiger partial charge in [0.15, 0.2) is 5.13 Å². The van der Waals surface area contributed by atoms with Crippen LogP contribution in [-0.2, 0) is 4.79 Å². The van der Waals surface area contributed by atoms with Gasteiger partial charge in [-0.1, -0.05) is 43.4 Å². The van der Waals surface area contributed by atoms with Gasteiger partial charge in [0.25, 0.3) is 5.91 Å². The van der Waals surface area contributed by atoms with Crippen molar-refractivity contribution in [3.8, 4) is 11.5 Å². The molecule has 0 fully saturated rings. The Morgan fingerprint density at radius 3 is 2.50 bits per heavy atom. The SMILES string of the molecule is CC(=O)Nc1nc2ccc(Oc3cccc(NC(=O)c4cccc(C(C)C)c4)c3)cc2s1. The molecule has 0 unspecified atom stereocenters. The van der Waals surface area contributed by atoms with Crippen LogP contribution in [0.4, 0.5) is 10.8 Å². The number of nitrogens with one attached hydrogen (secondary N) is 2. The molecular weight excluding hydrogens is 422 g/mol. The third-order valence-electron chi connectivity index (χ3n) is 4.79. The highest BCUT2D eigenvalue weighted by molar-refractivity contribution is 7.22. The molecule has 32 heavy (non-hydrogen) atoms. The summed E-state index contributed by atoms with van der Waals surface area (Å²) in [5, 5.41) is 6.19. The molecule has 0 aliphatic carbocycles. The first-order chi connectivity index (χ1) is 15.4. The lowest BCUT2D eigenvalue weighted by Crippen LogP contribution is -2.12. The third kappa shape index (κ3) is 5.12. The molecule has 0 saturated heterocycles. The summed E-state index contributed by atoms with van der Waals surface area (Å²) in [5.74, 6) is 1.27. The molecule has 0 atom stereocenters. The van der Waals surface area contributed by atoms with Gasteiger partial charge in [-0.3, -0.25) is 9.59 Å². The third-order valence-corrected chi connectivity index (χ3v) is 5.72. The first-order valence-corrected chi connectivity index (χ1v) is 11.1. The first-order valence-electron chi connectivity index (χ1n) is 10.2. The van der Waals surface area contributed by atoms with Crippen LogP contribution < -0.4 is 15.4 Å². The summed E-state index contributed by atoms with van der Waals surface area (Å²) in [6.45, 7) is 5.65. The fraction of sp³-hybridized carbons (Fsp3) is 0.160. The van der Waals surface area contributed by atoms with Gasteiger partial charge in [-0.25, -0.2) is 4.98 Å². The largest absolute Gasteiger partial charge is 0.457 e. The predicted molar refractivity (Wildman–Crippen MR) is 129 cm³/mol. The van der Waals surface area contributed by atoms with E-state index < -0.39 is 0 Å². The minimum absolute atomic E-state index is 0.157. The topological polar surface area (TPSA) is 80.3 Å². The molecule has 4 aromatic rings. The monoisotopic (exact) mass is 445 g/mol. The van der Waals surface area contributed by atoms with Crippen molar-refractivity contribution >= 4 is 44.2 Å². The fourth-order valence-corrected chi connectivity index (χ4v) is 4.13. The summed E-state index contributed by atoms with van der Waals surface area (Å²) in [4.78, 5) is 28.3. The zero-order chi connectivity index (χ0) is 22.7. The number of anilines is 2. The minimum atomic E-state index is -0.166. The number of thiazole rings is 1. The highest BCUT2D eigenvalue weighted by Gasteiger charge is 2.10. The maximum Gasteiger partial charge on any atom is 0.255 e. The van der Waals surface area contributed by atoms with Crippen LogP contribution >= 0.6 is 11.3 Å². The number of carbonyl (C=O) groups excluding carboxylic acids is 2. The van der Waals surface area contributed by atoms with E-state index in [9.17, 15) is 9.59 Å². The number of ether oxygens (including phenoxy) is 1. The van der Waals surface area contributed by atoms with Gasteiger partial charge in [-0.05, 0) is 47.9 Å². The number of amides is 2. The van der Waals surface area contributed by atoms with E-state index in [4.69, 9.17) is 4.74 Å². The highest BCUT2D eigenvalue weighted by Crippen LogP contribution is 2.32. The second-order valence-electron chi connectivity index (χ2n) is 7.69. The Hall–Kier alpha value is -3.71. The Labute approximate surface area is 190 Å². The van der Waals surface area contributed by atoms with Crippen LogP contribution in [0.5, 0.6) is 11.5 Å². The summed E-state index contributed by atoms with van der Waals surface area (Å²) in [6.07, 6.45) is 0. The summed E-state index contributed by atoms with van der Waals surface area (Å²) >= 11 is 1.38. The van der Waals surface area contributed by atoms with Gasteiger partial charge in [0.05, 0.1) is 10.2 Å². The van der Waals surface area contributed by atoms with Crippen molar-refractivity contribution in [3.63, 3.8) is 0 Å². The van der Waals surface area contributed by atoms with Crippen molar-refractivity contribution < 1.29 is 14.3 Å². The minimum Gasteiger partial charge on any atom is -0.457 e. The van der Waals surface area contributed by atoms with Gasteiger partial charge in [0, 0.05) is 30.3 Å². The van der Waals surface area contributed by atoms with Crippen LogP contribution in [-0.4, -0.2) is 16.8 Å². The summed E-state index contributed by atoms with van der Waals surface area (Å²) < 4.78 is 6.90. The lowest BCUT2D eigenvalue weighted by atomic mass is 10.0. The van der Waals surface area contributed by atoms with Crippen molar-refractivity contribution in [1.29, 1.82) is 0 Å². The van der Waals surface area contributed by atoms with E-state index in [-0.39, 0.29) is 11.8 Å². The van der Waals surface area contributed by atoms with Gasteiger partial charge >= 0.3 is 0 Å². The number of hydrogen-bond acceptors (Lipinski definition) is 5. The molecule has 0 bridgehead atoms. The number of benzene rings is 3. The molecule has 0 radical (unpaired) electrons. The number of rotatable bonds is 6. The molecule has 2 N–H and O–H groups in total. The smallest absolute Gasteiger partial charge is 0.255 e. The Bertz CT molecular complexity index is 1300. The number of carbonyl (C=O) groups is 2. The van der Waals surface area contributed by atoms with Crippen molar-refractivity contribution in [2.45, 2.75) is 26.7 Å². The standard InChI is InChI=1S/C25H23N3O3S/c1-15(2)17-6-4-7-18(12-17)24(30)27-19-8-5-9-20(13-19)31-21-10-11-22-23(14-21)32-25(28-22)26-16(3)29/h4-15H,1-3H3,(H,27,30)(H,26,28,29). The van der Waals surface area contributed by atoms with E-state index in [1.54, 1.807) is 12.1 Å². The van der Waals surface area contributed by atoms with E-state index >= 15 is 0 Å². The Kier molecular flexibility index (Phi) is 6.18. The van der Waals surface area contributed by atoms with E-state index in [0.717, 1.165) is 15.8 Å². The van der Waals surface area contributed by atoms with Crippen LogP contribution in [0.25, 0.3) is 10.2 Å². The zero-order valence-electron chi connectivity index (χ0n) is 18.0. The lowest BCUT2D eigenvalue weighted by Gasteiger charge is -2.11. The molecule has 0 aliphatic heterocycles. The number of nitrogens with zero attached hydrogens (tertiary/aromatic N) is 1. The number of aromatic nitrogens is 1. The predicted octanol–water partition coefficient (Wildman–Crippen LogP) is 6.42. The molecule has 4 rings (SSSR count). The Morgan fingerprint density at radius 2 is 1.72 bits per heavy atom. The lowest BCUT2D eigenvalue weighted by molar-refractivity contribution is -0.114. The normalized spacial score (nSPS) is 10.9. The van der Waals surface area contributed by atoms with Crippen LogP contribution in [0.3, 0.4) is 0 Å². The summed E-state index contributed by atoms with van der Waals surface area (Å²) in [6, 6.07) is 20.5. The average molecular weight is 446 g/mol. The molecule has 0 aliphatic rings. The van der Waals surface area contributed by atoms with Crippen molar-refractivity contribution in [2.24, 2.45) is 0 Å². The van der Waals surface area contributed by atoms with E-state index in [2.05, 4.69) is 29.5 Å². The second-order valence-corrected chi connectivity index (χ2v) is 8.72. The molecule has 7 heteroatoms. The molecule has 3 aromatic carbocycles. The second kappa shape index (κ2) is 9.20. The molecular formula is C25H23N3O3S. The first kappa shape index (κ1) is 21.5. The van der Waals surface area contributed by atoms with E-state index in [1.165, 1.54) is 18.3 Å². The van der Waals surface area contributed by atoms with Crippen LogP contribution in [0.15, 0.2) is 66.7 Å². The van der Waals surface area contributed by atoms with Gasteiger partial charge in [-0.2, -0.15) is 0 Å². The van der Waals surface area contributed by atoms with Crippen LogP contribution in [0.1, 0.15) is 42.6 Å². The Balaban J connectivity index is 1.49. The van der Waals surface area contributed by atoms with Crippen molar-refractivity contribution in [2.75, 3.05) is 10.6 Å². The summed E-state index contributed by atoms with van der Waals surface area (Å²) in [5.41, 5.74) is 3.17. The van der Waals surface area contributed by atoms with Crippen molar-refractivity contribution in [1.82, 2.24) is 4.98 Å². The van der Waals surface area contributed by atoms with Crippen LogP contribution in [0, 0.1) is 0 Å². The van der Waals surface area contributed by atoms with E-state index in [1.807, 2.05) is 54.6 Å². The molecule has 6 nitrogen and oxygen atoms in total. The van der Waals surface area contributed by atoms with Crippen molar-refractivity contribution in [3.05, 3.63) is 77.9 Å². The molecule has 162 valence electrons. The van der Waals surface area contributed by atoms with Gasteiger partial charge in [-0.15, -0.1) is 0 Å². The quantitative estimate of drug-likeness (QED) is 0.359. The molecule has 0 spiro atoms. The maximum atomic E-state index is 12.7. The number of fused-ring (bicyclic) bond motifs is 1. The Morgan fingerprint density at radius 1 is 0.938 bits per heavy atom. The fourth-order valence-electron chi connectivity index (χ4n) is 3.19. The zero-order valence-corrected chi connectivity index (χ0v) is 18.8. The van der Waals surface area contributed by atoms with E-state index in [0.29, 0.717) is 33.8 Å². The van der Waals surface area contributed by atoms with Gasteiger partial charge in [0.1, 0.15) is 11.5 Å². The summed E-state index contributed by atoms with van der Waals surface area (Å²) in [7, 11) is 0. The molecule has 1 heterocycles. The average Bonchev–Trinajstić information content (AvgIpc) is 3.14. The molecule has 1 aromatic heterocycles. The van der Waals surface area contributed by atoms with Gasteiger partial charge < -0.3 is 15.4 Å². The van der Waals surface area contributed by atoms with Gasteiger partial charge in [0.2, 0.25) is 5.91 Å². The number of hydrogen-bond donors (Lipinski definition) is 2. The maximum absolute atomic E-state index is 12.7. The molecule has 0 saturated carbocycles.